The second-order valence-electron chi connectivity index (χ2n) is 5.81. The summed E-state index contributed by atoms with van der Waals surface area (Å²) in [5, 5.41) is 5.46. The van der Waals surface area contributed by atoms with Gasteiger partial charge in [-0.1, -0.05) is 37.6 Å². The van der Waals surface area contributed by atoms with E-state index >= 15 is 0 Å². The summed E-state index contributed by atoms with van der Waals surface area (Å²) in [7, 11) is 1.01. The summed E-state index contributed by atoms with van der Waals surface area (Å²) < 4.78 is 53.6. The highest BCUT2D eigenvalue weighted by Crippen LogP contribution is 2.33. The molecule has 8 heteroatoms. The number of amides is 1. The Hall–Kier alpha value is -2.64. The lowest BCUT2D eigenvalue weighted by atomic mass is 10.0. The molecule has 1 N–H and O–H groups in total. The summed E-state index contributed by atoms with van der Waals surface area (Å²) in [6.07, 6.45) is -1.21. The molecule has 0 saturated carbocycles. The van der Waals surface area contributed by atoms with Crippen LogP contribution in [0.25, 0.3) is 5.57 Å². The molecule has 1 aromatic carbocycles. The van der Waals surface area contributed by atoms with Gasteiger partial charge in [-0.15, -0.1) is 0 Å². The highest BCUT2D eigenvalue weighted by molar-refractivity contribution is 6.06. The summed E-state index contributed by atoms with van der Waals surface area (Å²) >= 11 is 0. The monoisotopic (exact) mass is 369 g/mol. The number of nitrogens with zero attached hydrogens (tertiary/aromatic N) is 2. The molecule has 2 rings (SSSR count). The summed E-state index contributed by atoms with van der Waals surface area (Å²) in [6.45, 7) is 3.85. The molecule has 26 heavy (non-hydrogen) atoms. The van der Waals surface area contributed by atoms with Crippen molar-refractivity contribution in [2.24, 2.45) is 7.05 Å². The molecular formula is C18H19F4N3O. The number of allylic oxidation sites excluding steroid dienone is 2. The first-order valence-corrected chi connectivity index (χ1v) is 8.04. The second kappa shape index (κ2) is 7.72. The minimum atomic E-state index is -4.94. The smallest absolute Gasteiger partial charge is 0.321 e. The Labute approximate surface area is 148 Å². The molecule has 0 aliphatic heterocycles. The van der Waals surface area contributed by atoms with Crippen LogP contribution in [0.1, 0.15) is 48.3 Å². The van der Waals surface area contributed by atoms with E-state index in [9.17, 15) is 22.4 Å². The minimum absolute atomic E-state index is 0.304. The van der Waals surface area contributed by atoms with Crippen LogP contribution < -0.4 is 5.32 Å². The van der Waals surface area contributed by atoms with E-state index in [0.29, 0.717) is 15.9 Å². The lowest BCUT2D eigenvalue weighted by molar-refractivity contribution is -0.141. The number of unbranched alkanes of at least 4 members (excludes halogenated alkanes) is 1. The third-order valence-corrected chi connectivity index (χ3v) is 3.81. The molecule has 0 bridgehead atoms. The molecule has 0 aliphatic rings. The van der Waals surface area contributed by atoms with Crippen LogP contribution in [-0.2, 0) is 13.2 Å². The Bertz CT molecular complexity index is 837. The van der Waals surface area contributed by atoms with E-state index in [1.807, 2.05) is 19.9 Å². The van der Waals surface area contributed by atoms with Crippen LogP contribution >= 0.6 is 0 Å². The number of hydrogen-bond acceptors (Lipinski definition) is 2. The average Bonchev–Trinajstić information content (AvgIpc) is 2.88. The highest BCUT2D eigenvalue weighted by atomic mass is 19.4. The molecule has 0 spiro atoms. The van der Waals surface area contributed by atoms with Gasteiger partial charge in [0.15, 0.2) is 5.69 Å². The normalized spacial score (nSPS) is 12.3. The van der Waals surface area contributed by atoms with Crippen molar-refractivity contribution in [2.75, 3.05) is 5.32 Å². The standard InChI is InChI=1S/C18H19F4N3O/c1-4-5-8-11(2)12-9-6-7-10-13(12)23-17(26)14-15(18(20,21)22)24-25(3)16(14)19/h6-10H,4-5H2,1-3H3,(H,23,26)/b11-8-. The first kappa shape index (κ1) is 19.7. The fourth-order valence-corrected chi connectivity index (χ4v) is 2.49. The van der Waals surface area contributed by atoms with Crippen LogP contribution in [0.4, 0.5) is 23.2 Å². The zero-order chi connectivity index (χ0) is 19.5. The van der Waals surface area contributed by atoms with Crippen molar-refractivity contribution in [3.8, 4) is 0 Å². The van der Waals surface area contributed by atoms with Crippen LogP contribution in [0.15, 0.2) is 30.3 Å². The van der Waals surface area contributed by atoms with Crippen LogP contribution in [-0.4, -0.2) is 15.7 Å². The quantitative estimate of drug-likeness (QED) is 0.751. The van der Waals surface area contributed by atoms with E-state index in [1.165, 1.54) is 0 Å². The molecular weight excluding hydrogens is 350 g/mol. The third kappa shape index (κ3) is 4.12. The number of hydrogen-bond donors (Lipinski definition) is 1. The van der Waals surface area contributed by atoms with E-state index in [2.05, 4.69) is 10.4 Å². The van der Waals surface area contributed by atoms with Crippen molar-refractivity contribution < 1.29 is 22.4 Å². The largest absolute Gasteiger partial charge is 0.436 e. The number of halogens is 4. The highest BCUT2D eigenvalue weighted by Gasteiger charge is 2.41. The zero-order valence-corrected chi connectivity index (χ0v) is 14.6. The van der Waals surface area contributed by atoms with Gasteiger partial charge in [-0.3, -0.25) is 4.79 Å². The Balaban J connectivity index is 2.41. The fourth-order valence-electron chi connectivity index (χ4n) is 2.49. The van der Waals surface area contributed by atoms with Gasteiger partial charge in [0.2, 0.25) is 5.95 Å². The van der Waals surface area contributed by atoms with Gasteiger partial charge >= 0.3 is 6.18 Å². The van der Waals surface area contributed by atoms with E-state index in [-0.39, 0.29) is 0 Å². The summed E-state index contributed by atoms with van der Waals surface area (Å²) in [4.78, 5) is 12.4. The predicted molar refractivity (Wildman–Crippen MR) is 91.1 cm³/mol. The van der Waals surface area contributed by atoms with E-state index in [1.54, 1.807) is 24.3 Å². The minimum Gasteiger partial charge on any atom is -0.321 e. The fraction of sp³-hybridized carbons (Fsp3) is 0.333. The lowest BCUT2D eigenvalue weighted by Crippen LogP contribution is -2.19. The number of anilines is 1. The molecule has 0 unspecified atom stereocenters. The van der Waals surface area contributed by atoms with E-state index in [0.717, 1.165) is 25.5 Å². The number of rotatable bonds is 5. The molecule has 0 saturated heterocycles. The van der Waals surface area contributed by atoms with Crippen LogP contribution in [0, 0.1) is 5.95 Å². The molecule has 140 valence electrons. The maximum Gasteiger partial charge on any atom is 0.436 e. The van der Waals surface area contributed by atoms with E-state index in [4.69, 9.17) is 0 Å². The van der Waals surface area contributed by atoms with E-state index < -0.39 is 29.3 Å². The number of carbonyl (C=O) groups excluding carboxylic acids is 1. The van der Waals surface area contributed by atoms with Gasteiger partial charge in [-0.25, -0.2) is 4.68 Å². The number of aryl methyl sites for hydroxylation is 1. The SMILES string of the molecule is CCC/C=C(/C)c1ccccc1NC(=O)c1c(C(F)(F)F)nn(C)c1F. The molecule has 0 fully saturated rings. The molecule has 0 atom stereocenters. The number of carbonyl (C=O) groups is 1. The number of alkyl halides is 3. The van der Waals surface area contributed by atoms with Crippen LogP contribution in [0.2, 0.25) is 0 Å². The maximum atomic E-state index is 14.1. The van der Waals surface area contributed by atoms with Crippen molar-refractivity contribution in [3.63, 3.8) is 0 Å². The van der Waals surface area contributed by atoms with Gasteiger partial charge in [-0.2, -0.15) is 22.7 Å². The maximum absolute atomic E-state index is 14.1. The van der Waals surface area contributed by atoms with Crippen molar-refractivity contribution >= 4 is 17.2 Å². The zero-order valence-electron chi connectivity index (χ0n) is 14.6. The lowest BCUT2D eigenvalue weighted by Gasteiger charge is -2.12. The molecule has 1 aromatic heterocycles. The number of nitrogens with one attached hydrogen (secondary N) is 1. The van der Waals surface area contributed by atoms with Crippen LogP contribution in [0.3, 0.4) is 0 Å². The average molecular weight is 369 g/mol. The number of para-hydroxylation sites is 1. The van der Waals surface area contributed by atoms with Crippen LogP contribution in [0.5, 0.6) is 0 Å². The Morgan fingerprint density at radius 3 is 2.58 bits per heavy atom. The topological polar surface area (TPSA) is 46.9 Å². The van der Waals surface area contributed by atoms with Gasteiger partial charge in [0.1, 0.15) is 5.56 Å². The third-order valence-electron chi connectivity index (χ3n) is 3.81. The summed E-state index contributed by atoms with van der Waals surface area (Å²) in [6, 6.07) is 6.68. The molecule has 0 radical (unpaired) electrons. The second-order valence-corrected chi connectivity index (χ2v) is 5.81. The van der Waals surface area contributed by atoms with Gasteiger partial charge in [0.25, 0.3) is 5.91 Å². The van der Waals surface area contributed by atoms with Crippen molar-refractivity contribution in [1.29, 1.82) is 0 Å². The first-order chi connectivity index (χ1) is 12.2. The first-order valence-electron chi connectivity index (χ1n) is 8.04. The predicted octanol–water partition coefficient (Wildman–Crippen LogP) is 5.03. The molecule has 4 nitrogen and oxygen atoms in total. The Kier molecular flexibility index (Phi) is 5.84. The van der Waals surface area contributed by atoms with Crippen molar-refractivity contribution in [1.82, 2.24) is 9.78 Å². The van der Waals surface area contributed by atoms with Crippen molar-refractivity contribution in [2.45, 2.75) is 32.9 Å². The summed E-state index contributed by atoms with van der Waals surface area (Å²) in [5.74, 6) is -2.54. The summed E-state index contributed by atoms with van der Waals surface area (Å²) in [5.41, 5.74) is -0.841. The van der Waals surface area contributed by atoms with Gasteiger partial charge in [0.05, 0.1) is 0 Å². The number of aromatic nitrogens is 2. The Morgan fingerprint density at radius 2 is 1.96 bits per heavy atom. The Morgan fingerprint density at radius 1 is 1.31 bits per heavy atom. The number of benzene rings is 1. The van der Waals surface area contributed by atoms with Gasteiger partial charge in [0, 0.05) is 18.3 Å². The van der Waals surface area contributed by atoms with Crippen molar-refractivity contribution in [3.05, 3.63) is 53.1 Å². The molecule has 2 aromatic rings. The van der Waals surface area contributed by atoms with Gasteiger partial charge < -0.3 is 5.32 Å². The molecule has 1 heterocycles. The van der Waals surface area contributed by atoms with Gasteiger partial charge in [-0.05, 0) is 25.0 Å². The molecule has 0 aliphatic carbocycles. The molecule has 1 amide bonds.